The fourth-order valence-electron chi connectivity index (χ4n) is 3.37. The van der Waals surface area contributed by atoms with Crippen LogP contribution in [0.1, 0.15) is 58.8 Å². The SMILES string of the molecule is CCNC(=NCCS(=O)(=O)NCC1CCC1)NC1CCCC(C)C1.I. The Hall–Kier alpha value is -0.0900. The molecule has 148 valence electrons. The molecule has 2 aliphatic carbocycles. The van der Waals surface area contributed by atoms with E-state index >= 15 is 0 Å². The third kappa shape index (κ3) is 8.90. The van der Waals surface area contributed by atoms with E-state index in [0.717, 1.165) is 44.1 Å². The van der Waals surface area contributed by atoms with Gasteiger partial charge in [0.25, 0.3) is 0 Å². The van der Waals surface area contributed by atoms with E-state index in [1.54, 1.807) is 0 Å². The summed E-state index contributed by atoms with van der Waals surface area (Å²) in [7, 11) is -3.22. The minimum absolute atomic E-state index is 0. The van der Waals surface area contributed by atoms with Gasteiger partial charge in [-0.1, -0.05) is 26.2 Å². The van der Waals surface area contributed by atoms with E-state index in [4.69, 9.17) is 0 Å². The molecule has 3 N–H and O–H groups in total. The van der Waals surface area contributed by atoms with Crippen molar-refractivity contribution in [2.45, 2.75) is 64.8 Å². The highest BCUT2D eigenvalue weighted by atomic mass is 127. The van der Waals surface area contributed by atoms with Crippen LogP contribution in [0.2, 0.25) is 0 Å². The highest BCUT2D eigenvalue weighted by Gasteiger charge is 2.21. The molecule has 2 aliphatic rings. The quantitative estimate of drug-likeness (QED) is 0.280. The largest absolute Gasteiger partial charge is 0.357 e. The predicted molar refractivity (Wildman–Crippen MR) is 115 cm³/mol. The van der Waals surface area contributed by atoms with E-state index in [1.807, 2.05) is 6.92 Å². The molecule has 0 bridgehead atoms. The Morgan fingerprint density at radius 3 is 2.48 bits per heavy atom. The summed E-state index contributed by atoms with van der Waals surface area (Å²) >= 11 is 0. The fourth-order valence-corrected chi connectivity index (χ4v) is 4.34. The van der Waals surface area contributed by atoms with Crippen molar-refractivity contribution in [3.05, 3.63) is 0 Å². The van der Waals surface area contributed by atoms with E-state index in [0.29, 0.717) is 18.5 Å². The molecule has 2 atom stereocenters. The zero-order chi connectivity index (χ0) is 17.4. The number of guanidine groups is 1. The lowest BCUT2D eigenvalue weighted by molar-refractivity contribution is 0.316. The lowest BCUT2D eigenvalue weighted by Gasteiger charge is -2.28. The standard InChI is InChI=1S/C17H34N4O2S.HI/c1-3-18-17(21-16-9-4-6-14(2)12-16)19-10-11-24(22,23)20-13-15-7-5-8-15;/h14-16,20H,3-13H2,1-2H3,(H2,18,19,21);1H. The van der Waals surface area contributed by atoms with E-state index in [2.05, 4.69) is 27.3 Å². The Morgan fingerprint density at radius 2 is 1.88 bits per heavy atom. The average molecular weight is 486 g/mol. The number of halogens is 1. The van der Waals surface area contributed by atoms with Gasteiger partial charge in [0.05, 0.1) is 12.3 Å². The summed E-state index contributed by atoms with van der Waals surface area (Å²) in [5.41, 5.74) is 0. The molecule has 2 rings (SSSR count). The Morgan fingerprint density at radius 1 is 1.16 bits per heavy atom. The molecule has 2 fully saturated rings. The van der Waals surface area contributed by atoms with Gasteiger partial charge in [0.2, 0.25) is 10.0 Å². The second-order valence-electron chi connectivity index (χ2n) is 7.34. The highest BCUT2D eigenvalue weighted by Crippen LogP contribution is 2.25. The van der Waals surface area contributed by atoms with E-state index in [1.165, 1.54) is 19.3 Å². The Kier molecular flexibility index (Phi) is 10.6. The first-order valence-corrected chi connectivity index (χ1v) is 11.2. The summed E-state index contributed by atoms with van der Waals surface area (Å²) in [6, 6.07) is 0.444. The molecule has 6 nitrogen and oxygen atoms in total. The zero-order valence-corrected chi connectivity index (χ0v) is 18.7. The topological polar surface area (TPSA) is 82.6 Å². The molecule has 0 heterocycles. The molecule has 0 saturated heterocycles. The van der Waals surface area contributed by atoms with E-state index in [9.17, 15) is 8.42 Å². The molecule has 0 aromatic heterocycles. The van der Waals surface area contributed by atoms with Crippen LogP contribution in [0.15, 0.2) is 4.99 Å². The number of aliphatic imine (C=N–C) groups is 1. The molecule has 8 heteroatoms. The van der Waals surface area contributed by atoms with Crippen LogP contribution in [0.25, 0.3) is 0 Å². The molecule has 2 unspecified atom stereocenters. The maximum Gasteiger partial charge on any atom is 0.213 e. The second kappa shape index (κ2) is 11.6. The predicted octanol–water partition coefficient (Wildman–Crippen LogP) is 2.46. The van der Waals surface area contributed by atoms with Gasteiger partial charge in [-0.25, -0.2) is 13.1 Å². The summed E-state index contributed by atoms with van der Waals surface area (Å²) < 4.78 is 26.8. The number of hydrogen-bond acceptors (Lipinski definition) is 3. The van der Waals surface area contributed by atoms with Crippen LogP contribution in [0.3, 0.4) is 0 Å². The van der Waals surface area contributed by atoms with Gasteiger partial charge in [0, 0.05) is 19.1 Å². The van der Waals surface area contributed by atoms with Gasteiger partial charge in [-0.15, -0.1) is 24.0 Å². The van der Waals surface area contributed by atoms with Crippen molar-refractivity contribution in [3.63, 3.8) is 0 Å². The first-order valence-electron chi connectivity index (χ1n) is 9.50. The first kappa shape index (κ1) is 23.0. The van der Waals surface area contributed by atoms with Crippen LogP contribution >= 0.6 is 24.0 Å². The van der Waals surface area contributed by atoms with Crippen LogP contribution in [-0.4, -0.2) is 45.8 Å². The molecule has 0 aromatic rings. The third-order valence-electron chi connectivity index (χ3n) is 5.07. The third-order valence-corrected chi connectivity index (χ3v) is 6.39. The van der Waals surface area contributed by atoms with Gasteiger partial charge < -0.3 is 10.6 Å². The minimum atomic E-state index is -3.22. The number of nitrogens with one attached hydrogen (secondary N) is 3. The molecule has 25 heavy (non-hydrogen) atoms. The Balaban J connectivity index is 0.00000312. The van der Waals surface area contributed by atoms with Gasteiger partial charge in [0.1, 0.15) is 0 Å². The van der Waals surface area contributed by atoms with E-state index in [-0.39, 0.29) is 36.3 Å². The smallest absolute Gasteiger partial charge is 0.213 e. The monoisotopic (exact) mass is 486 g/mol. The van der Waals surface area contributed by atoms with Gasteiger partial charge in [-0.05, 0) is 44.4 Å². The van der Waals surface area contributed by atoms with Gasteiger partial charge >= 0.3 is 0 Å². The fraction of sp³-hybridized carbons (Fsp3) is 0.941. The van der Waals surface area contributed by atoms with Crippen molar-refractivity contribution >= 4 is 40.0 Å². The molecule has 0 radical (unpaired) electrons. The summed E-state index contributed by atoms with van der Waals surface area (Å²) in [5, 5.41) is 6.69. The average Bonchev–Trinajstić information content (AvgIpc) is 2.45. The summed E-state index contributed by atoms with van der Waals surface area (Å²) in [6.45, 7) is 5.97. The number of hydrogen-bond donors (Lipinski definition) is 3. The lowest BCUT2D eigenvalue weighted by Crippen LogP contribution is -2.45. The maximum atomic E-state index is 12.0. The van der Waals surface area contributed by atoms with Crippen LogP contribution in [0.4, 0.5) is 0 Å². The Bertz CT molecular complexity index is 509. The van der Waals surface area contributed by atoms with E-state index < -0.39 is 10.0 Å². The Labute approximate surface area is 170 Å². The zero-order valence-electron chi connectivity index (χ0n) is 15.6. The van der Waals surface area contributed by atoms with Gasteiger partial charge in [0.15, 0.2) is 5.96 Å². The molecule has 0 aliphatic heterocycles. The van der Waals surface area contributed by atoms with Crippen LogP contribution < -0.4 is 15.4 Å². The number of rotatable bonds is 8. The molecule has 0 aromatic carbocycles. The lowest BCUT2D eigenvalue weighted by atomic mass is 9.86. The van der Waals surface area contributed by atoms with Crippen molar-refractivity contribution in [2.24, 2.45) is 16.8 Å². The molecule has 0 spiro atoms. The molecule has 0 amide bonds. The van der Waals surface area contributed by atoms with Crippen LogP contribution in [0, 0.1) is 11.8 Å². The van der Waals surface area contributed by atoms with Crippen molar-refractivity contribution in [3.8, 4) is 0 Å². The van der Waals surface area contributed by atoms with Crippen molar-refractivity contribution in [1.82, 2.24) is 15.4 Å². The highest BCUT2D eigenvalue weighted by molar-refractivity contribution is 14.0. The second-order valence-corrected chi connectivity index (χ2v) is 9.26. The normalized spacial score (nSPS) is 25.0. The van der Waals surface area contributed by atoms with Crippen molar-refractivity contribution in [2.75, 3.05) is 25.4 Å². The first-order chi connectivity index (χ1) is 11.5. The van der Waals surface area contributed by atoms with Crippen LogP contribution in [0.5, 0.6) is 0 Å². The summed E-state index contributed by atoms with van der Waals surface area (Å²) in [4.78, 5) is 4.45. The number of sulfonamides is 1. The minimum Gasteiger partial charge on any atom is -0.357 e. The van der Waals surface area contributed by atoms with Crippen molar-refractivity contribution in [1.29, 1.82) is 0 Å². The summed E-state index contributed by atoms with van der Waals surface area (Å²) in [6.07, 6.45) is 8.40. The maximum absolute atomic E-state index is 12.0. The molecular weight excluding hydrogens is 451 g/mol. The number of nitrogens with zero attached hydrogens (tertiary/aromatic N) is 1. The summed E-state index contributed by atoms with van der Waals surface area (Å²) in [5.74, 6) is 2.08. The van der Waals surface area contributed by atoms with Gasteiger partial charge in [-0.3, -0.25) is 4.99 Å². The molecular formula is C17H35IN4O2S. The van der Waals surface area contributed by atoms with Crippen molar-refractivity contribution < 1.29 is 8.42 Å². The van der Waals surface area contributed by atoms with Gasteiger partial charge in [-0.2, -0.15) is 0 Å². The van der Waals surface area contributed by atoms with Crippen LogP contribution in [-0.2, 0) is 10.0 Å². The molecule has 2 saturated carbocycles.